The molecule has 1 aromatic carbocycles. The predicted octanol–water partition coefficient (Wildman–Crippen LogP) is 0.983. The fourth-order valence-electron chi connectivity index (χ4n) is 2.63. The van der Waals surface area contributed by atoms with Gasteiger partial charge in [-0.15, -0.1) is 0 Å². The van der Waals surface area contributed by atoms with E-state index in [1.54, 1.807) is 6.07 Å². The van der Waals surface area contributed by atoms with Crippen molar-refractivity contribution in [3.05, 3.63) is 33.9 Å². The van der Waals surface area contributed by atoms with Gasteiger partial charge in [-0.2, -0.15) is 0 Å². The maximum atomic E-state index is 12.2. The van der Waals surface area contributed by atoms with Crippen molar-refractivity contribution in [3.8, 4) is 5.75 Å². The summed E-state index contributed by atoms with van der Waals surface area (Å²) in [6.07, 6.45) is 0.840. The first-order valence-electron chi connectivity index (χ1n) is 7.77. The highest BCUT2D eigenvalue weighted by atomic mass is 16.6. The number of amides is 1. The molecule has 0 aliphatic carbocycles. The van der Waals surface area contributed by atoms with Gasteiger partial charge in [-0.1, -0.05) is 6.07 Å². The molecule has 0 saturated carbocycles. The molecule has 1 heterocycles. The Morgan fingerprint density at radius 1 is 1.44 bits per heavy atom. The van der Waals surface area contributed by atoms with Gasteiger partial charge >= 0.3 is 11.7 Å². The second kappa shape index (κ2) is 8.43. The molecule has 1 fully saturated rings. The number of methoxy groups -OCH3 is 2. The molecule has 136 valence electrons. The summed E-state index contributed by atoms with van der Waals surface area (Å²) < 4.78 is 15.0. The van der Waals surface area contributed by atoms with Crippen LogP contribution in [0, 0.1) is 10.1 Å². The lowest BCUT2D eigenvalue weighted by Gasteiger charge is -2.19. The first-order chi connectivity index (χ1) is 12.0. The Balaban J connectivity index is 2.16. The van der Waals surface area contributed by atoms with Gasteiger partial charge in [-0.05, 0) is 24.5 Å². The van der Waals surface area contributed by atoms with Crippen LogP contribution in [-0.2, 0) is 25.5 Å². The van der Waals surface area contributed by atoms with Crippen LogP contribution in [-0.4, -0.2) is 49.8 Å². The highest BCUT2D eigenvalue weighted by Crippen LogP contribution is 2.28. The van der Waals surface area contributed by atoms with E-state index in [1.807, 2.05) is 0 Å². The zero-order valence-corrected chi connectivity index (χ0v) is 14.0. The van der Waals surface area contributed by atoms with E-state index in [-0.39, 0.29) is 17.9 Å². The summed E-state index contributed by atoms with van der Waals surface area (Å²) in [5, 5.41) is 13.7. The summed E-state index contributed by atoms with van der Waals surface area (Å²) in [5.74, 6) is -0.910. The smallest absolute Gasteiger partial charge is 0.328 e. The van der Waals surface area contributed by atoms with Crippen molar-refractivity contribution >= 4 is 17.6 Å². The molecule has 0 aromatic heterocycles. The minimum Gasteiger partial charge on any atom is -0.490 e. The average Bonchev–Trinajstić information content (AvgIpc) is 3.15. The molecular weight excluding hydrogens is 332 g/mol. The number of nitro benzene ring substituents is 1. The van der Waals surface area contributed by atoms with Crippen LogP contribution in [0.1, 0.15) is 18.4 Å². The highest BCUT2D eigenvalue weighted by molar-refractivity contribution is 5.87. The summed E-state index contributed by atoms with van der Waals surface area (Å²) >= 11 is 0. The van der Waals surface area contributed by atoms with Gasteiger partial charge in [-0.3, -0.25) is 14.9 Å². The molecule has 1 aliphatic rings. The topological polar surface area (TPSA) is 117 Å². The van der Waals surface area contributed by atoms with Gasteiger partial charge in [0.15, 0.2) is 5.75 Å². The van der Waals surface area contributed by atoms with E-state index in [2.05, 4.69) is 5.32 Å². The van der Waals surface area contributed by atoms with Crippen LogP contribution in [0.4, 0.5) is 5.69 Å². The van der Waals surface area contributed by atoms with Crippen LogP contribution >= 0.6 is 0 Å². The maximum Gasteiger partial charge on any atom is 0.328 e. The number of hydrogen-bond acceptors (Lipinski definition) is 7. The summed E-state index contributed by atoms with van der Waals surface area (Å²) in [6.45, 7) is 0.506. The molecule has 2 atom stereocenters. The van der Waals surface area contributed by atoms with Crippen molar-refractivity contribution in [3.63, 3.8) is 0 Å². The van der Waals surface area contributed by atoms with Crippen molar-refractivity contribution in [1.82, 2.24) is 5.32 Å². The third-order valence-corrected chi connectivity index (χ3v) is 3.90. The molecule has 0 bridgehead atoms. The quantitative estimate of drug-likeness (QED) is 0.441. The number of carbonyl (C=O) groups is 2. The zero-order valence-electron chi connectivity index (χ0n) is 14.0. The minimum atomic E-state index is -0.963. The predicted molar refractivity (Wildman–Crippen MR) is 86.3 cm³/mol. The molecular formula is C16H20N2O7. The Kier molecular flexibility index (Phi) is 6.29. The number of nitrogens with one attached hydrogen (secondary N) is 1. The molecule has 0 spiro atoms. The minimum absolute atomic E-state index is 0.0516. The van der Waals surface area contributed by atoms with E-state index in [0.717, 1.165) is 6.42 Å². The normalized spacial score (nSPS) is 17.6. The second-order valence-corrected chi connectivity index (χ2v) is 5.55. The lowest BCUT2D eigenvalue weighted by molar-refractivity contribution is -0.385. The third kappa shape index (κ3) is 4.66. The number of carbonyl (C=O) groups excluding carboxylic acids is 2. The lowest BCUT2D eigenvalue weighted by Crippen LogP contribution is -2.47. The van der Waals surface area contributed by atoms with Crippen molar-refractivity contribution in [2.24, 2.45) is 0 Å². The van der Waals surface area contributed by atoms with Gasteiger partial charge in [0.05, 0.1) is 19.1 Å². The molecule has 2 rings (SSSR count). The molecule has 0 unspecified atom stereocenters. The van der Waals surface area contributed by atoms with Gasteiger partial charge in [-0.25, -0.2) is 4.79 Å². The third-order valence-electron chi connectivity index (χ3n) is 3.90. The lowest BCUT2D eigenvalue weighted by atomic mass is 10.0. The van der Waals surface area contributed by atoms with Crippen LogP contribution in [0.5, 0.6) is 5.75 Å². The number of esters is 1. The number of nitro groups is 1. The van der Waals surface area contributed by atoms with Gasteiger partial charge in [0, 0.05) is 19.1 Å². The summed E-state index contributed by atoms with van der Waals surface area (Å²) in [6, 6.07) is 3.39. The zero-order chi connectivity index (χ0) is 18.4. The van der Waals surface area contributed by atoms with E-state index >= 15 is 0 Å². The molecule has 1 aromatic rings. The summed E-state index contributed by atoms with van der Waals surface area (Å²) in [5.41, 5.74) is 0.282. The first kappa shape index (κ1) is 18.7. The molecule has 0 radical (unpaired) electrons. The molecule has 1 amide bonds. The van der Waals surface area contributed by atoms with E-state index in [4.69, 9.17) is 14.2 Å². The van der Waals surface area contributed by atoms with Gasteiger partial charge in [0.2, 0.25) is 5.91 Å². The Hall–Kier alpha value is -2.68. The van der Waals surface area contributed by atoms with Gasteiger partial charge in [0.1, 0.15) is 12.1 Å². The number of benzene rings is 1. The SMILES string of the molecule is COC(=O)[C@H](Cc1ccc(OC)c([N+](=O)[O-])c1)NC(=O)[C@@H]1CCCO1. The molecule has 25 heavy (non-hydrogen) atoms. The van der Waals surface area contributed by atoms with Crippen molar-refractivity contribution in [2.45, 2.75) is 31.4 Å². The molecule has 9 nitrogen and oxygen atoms in total. The van der Waals surface area contributed by atoms with Crippen LogP contribution < -0.4 is 10.1 Å². The number of ether oxygens (including phenoxy) is 3. The number of rotatable bonds is 7. The van der Waals surface area contributed by atoms with E-state index in [9.17, 15) is 19.7 Å². The summed E-state index contributed by atoms with van der Waals surface area (Å²) in [4.78, 5) is 34.7. The largest absolute Gasteiger partial charge is 0.490 e. The maximum absolute atomic E-state index is 12.2. The number of nitrogens with zero attached hydrogens (tertiary/aromatic N) is 1. The molecule has 1 saturated heterocycles. The average molecular weight is 352 g/mol. The fourth-order valence-corrected chi connectivity index (χ4v) is 2.63. The van der Waals surface area contributed by atoms with Crippen LogP contribution in [0.15, 0.2) is 18.2 Å². The van der Waals surface area contributed by atoms with Crippen molar-refractivity contribution < 1.29 is 28.7 Å². The Bertz CT molecular complexity index is 656. The van der Waals surface area contributed by atoms with Crippen LogP contribution in [0.25, 0.3) is 0 Å². The Morgan fingerprint density at radius 3 is 2.76 bits per heavy atom. The Labute approximate surface area is 144 Å². The van der Waals surface area contributed by atoms with Gasteiger partial charge < -0.3 is 19.5 Å². The van der Waals surface area contributed by atoms with E-state index in [1.165, 1.54) is 26.4 Å². The highest BCUT2D eigenvalue weighted by Gasteiger charge is 2.29. The Morgan fingerprint density at radius 2 is 2.20 bits per heavy atom. The molecule has 9 heteroatoms. The monoisotopic (exact) mass is 352 g/mol. The molecule has 1 aliphatic heterocycles. The first-order valence-corrected chi connectivity index (χ1v) is 7.77. The standard InChI is InChI=1S/C16H20N2O7/c1-23-13-6-5-10(9-12(13)18(21)22)8-11(16(20)24-2)17-15(19)14-4-3-7-25-14/h5-6,9,11,14H,3-4,7-8H2,1-2H3,(H,17,19)/t11-,14-/m0/s1. The fraction of sp³-hybridized carbons (Fsp3) is 0.500. The van der Waals surface area contributed by atoms with Crippen LogP contribution in [0.2, 0.25) is 0 Å². The van der Waals surface area contributed by atoms with Crippen LogP contribution in [0.3, 0.4) is 0 Å². The molecule has 1 N–H and O–H groups in total. The summed E-state index contributed by atoms with van der Waals surface area (Å²) in [7, 11) is 2.55. The van der Waals surface area contributed by atoms with E-state index in [0.29, 0.717) is 18.6 Å². The van der Waals surface area contributed by atoms with Crippen molar-refractivity contribution in [1.29, 1.82) is 0 Å². The number of hydrogen-bond donors (Lipinski definition) is 1. The van der Waals surface area contributed by atoms with E-state index < -0.39 is 28.9 Å². The second-order valence-electron chi connectivity index (χ2n) is 5.55. The van der Waals surface area contributed by atoms with Gasteiger partial charge in [0.25, 0.3) is 0 Å². The van der Waals surface area contributed by atoms with Crippen molar-refractivity contribution in [2.75, 3.05) is 20.8 Å².